The van der Waals surface area contributed by atoms with Gasteiger partial charge in [-0.25, -0.2) is 0 Å². The van der Waals surface area contributed by atoms with Gasteiger partial charge in [0.2, 0.25) is 0 Å². The van der Waals surface area contributed by atoms with Gasteiger partial charge < -0.3 is 10.5 Å². The summed E-state index contributed by atoms with van der Waals surface area (Å²) in [7, 11) is 0. The van der Waals surface area contributed by atoms with Crippen molar-refractivity contribution in [3.8, 4) is 5.75 Å². The van der Waals surface area contributed by atoms with Crippen LogP contribution < -0.4 is 10.5 Å². The maximum atomic E-state index is 11.4. The molecule has 0 aromatic heterocycles. The number of hydrogen-bond acceptors (Lipinski definition) is 3. The Morgan fingerprint density at radius 2 is 1.89 bits per heavy atom. The van der Waals surface area contributed by atoms with E-state index in [1.807, 2.05) is 30.3 Å². The number of rotatable bonds is 5. The number of carbonyl (C=O) groups excluding carboxylic acids is 1. The SMILES string of the molecule is NCC(=O)c1ccc(OCc2ccccc2)c(Cl)c1. The quantitative estimate of drug-likeness (QED) is 0.853. The maximum Gasteiger partial charge on any atom is 0.176 e. The third-order valence-electron chi connectivity index (χ3n) is 2.68. The van der Waals surface area contributed by atoms with E-state index in [-0.39, 0.29) is 12.3 Å². The van der Waals surface area contributed by atoms with Crippen LogP contribution in [0.1, 0.15) is 15.9 Å². The average Bonchev–Trinajstić information content (AvgIpc) is 2.46. The summed E-state index contributed by atoms with van der Waals surface area (Å²) in [6.45, 7) is 0.408. The van der Waals surface area contributed by atoms with Crippen LogP contribution >= 0.6 is 11.6 Å². The first kappa shape index (κ1) is 13.6. The van der Waals surface area contributed by atoms with Crippen LogP contribution in [0, 0.1) is 0 Å². The highest BCUT2D eigenvalue weighted by molar-refractivity contribution is 6.32. The number of halogens is 1. The molecule has 2 rings (SSSR count). The lowest BCUT2D eigenvalue weighted by atomic mass is 10.1. The molecule has 0 fully saturated rings. The monoisotopic (exact) mass is 275 g/mol. The molecule has 0 aliphatic heterocycles. The summed E-state index contributed by atoms with van der Waals surface area (Å²) in [6, 6.07) is 14.7. The smallest absolute Gasteiger partial charge is 0.176 e. The largest absolute Gasteiger partial charge is 0.487 e. The number of benzene rings is 2. The van der Waals surface area contributed by atoms with Crippen LogP contribution in [-0.4, -0.2) is 12.3 Å². The van der Waals surface area contributed by atoms with Crippen LogP contribution in [0.4, 0.5) is 0 Å². The zero-order valence-corrected chi connectivity index (χ0v) is 11.1. The first-order chi connectivity index (χ1) is 9.20. The molecule has 0 aliphatic rings. The molecule has 0 bridgehead atoms. The summed E-state index contributed by atoms with van der Waals surface area (Å²) in [4.78, 5) is 11.4. The van der Waals surface area contributed by atoms with E-state index in [9.17, 15) is 4.79 Å². The zero-order chi connectivity index (χ0) is 13.7. The first-order valence-corrected chi connectivity index (χ1v) is 6.28. The van der Waals surface area contributed by atoms with Crippen molar-refractivity contribution in [3.05, 3.63) is 64.7 Å². The topological polar surface area (TPSA) is 52.3 Å². The molecule has 0 heterocycles. The van der Waals surface area contributed by atoms with Crippen LogP contribution in [0.5, 0.6) is 5.75 Å². The lowest BCUT2D eigenvalue weighted by molar-refractivity contribution is 0.100. The average molecular weight is 276 g/mol. The molecule has 0 atom stereocenters. The molecule has 0 amide bonds. The highest BCUT2D eigenvalue weighted by Crippen LogP contribution is 2.26. The fraction of sp³-hybridized carbons (Fsp3) is 0.133. The van der Waals surface area contributed by atoms with Crippen molar-refractivity contribution >= 4 is 17.4 Å². The fourth-order valence-corrected chi connectivity index (χ4v) is 1.88. The van der Waals surface area contributed by atoms with Crippen LogP contribution in [0.25, 0.3) is 0 Å². The van der Waals surface area contributed by atoms with E-state index >= 15 is 0 Å². The molecule has 98 valence electrons. The molecular weight excluding hydrogens is 262 g/mol. The first-order valence-electron chi connectivity index (χ1n) is 5.90. The van der Waals surface area contributed by atoms with Crippen molar-refractivity contribution in [2.45, 2.75) is 6.61 Å². The van der Waals surface area contributed by atoms with Crippen LogP contribution in [0.3, 0.4) is 0 Å². The summed E-state index contributed by atoms with van der Waals surface area (Å²) in [5.74, 6) is 0.413. The van der Waals surface area contributed by atoms with Crippen LogP contribution in [0.2, 0.25) is 5.02 Å². The lowest BCUT2D eigenvalue weighted by Crippen LogP contribution is -2.13. The summed E-state index contributed by atoms with van der Waals surface area (Å²) >= 11 is 6.08. The van der Waals surface area contributed by atoms with Crippen molar-refractivity contribution in [1.82, 2.24) is 0 Å². The van der Waals surface area contributed by atoms with Gasteiger partial charge in [-0.3, -0.25) is 4.79 Å². The molecule has 0 unspecified atom stereocenters. The lowest BCUT2D eigenvalue weighted by Gasteiger charge is -2.09. The summed E-state index contributed by atoms with van der Waals surface area (Å²) in [5.41, 5.74) is 6.86. The Hall–Kier alpha value is -1.84. The van der Waals surface area contributed by atoms with Crippen LogP contribution in [0.15, 0.2) is 48.5 Å². The molecule has 0 spiro atoms. The third kappa shape index (κ3) is 3.56. The molecule has 2 aromatic rings. The Morgan fingerprint density at radius 1 is 1.16 bits per heavy atom. The number of nitrogens with two attached hydrogens (primary N) is 1. The molecule has 19 heavy (non-hydrogen) atoms. The Kier molecular flexibility index (Phi) is 4.55. The predicted molar refractivity (Wildman–Crippen MR) is 75.6 cm³/mol. The Labute approximate surface area is 117 Å². The summed E-state index contributed by atoms with van der Waals surface area (Å²) in [5, 5.41) is 0.412. The van der Waals surface area contributed by atoms with Gasteiger partial charge in [-0.2, -0.15) is 0 Å². The van der Waals surface area contributed by atoms with Gasteiger partial charge in [-0.05, 0) is 23.8 Å². The minimum Gasteiger partial charge on any atom is -0.487 e. The summed E-state index contributed by atoms with van der Waals surface area (Å²) < 4.78 is 5.62. The molecule has 2 N–H and O–H groups in total. The normalized spacial score (nSPS) is 10.2. The maximum absolute atomic E-state index is 11.4. The second-order valence-corrected chi connectivity index (χ2v) is 4.45. The van der Waals surface area contributed by atoms with E-state index in [0.717, 1.165) is 5.56 Å². The van der Waals surface area contributed by atoms with Gasteiger partial charge in [0.1, 0.15) is 12.4 Å². The van der Waals surface area contributed by atoms with E-state index in [2.05, 4.69) is 0 Å². The van der Waals surface area contributed by atoms with Gasteiger partial charge >= 0.3 is 0 Å². The van der Waals surface area contributed by atoms with Gasteiger partial charge in [-0.1, -0.05) is 41.9 Å². The van der Waals surface area contributed by atoms with Crippen molar-refractivity contribution < 1.29 is 9.53 Å². The molecule has 4 heteroatoms. The van der Waals surface area contributed by atoms with Crippen LogP contribution in [-0.2, 0) is 6.61 Å². The number of hydrogen-bond donors (Lipinski definition) is 1. The minimum absolute atomic E-state index is 0.0272. The van der Waals surface area contributed by atoms with E-state index in [1.54, 1.807) is 18.2 Å². The van der Waals surface area contributed by atoms with Gasteiger partial charge in [0.05, 0.1) is 11.6 Å². The van der Waals surface area contributed by atoms with Crippen molar-refractivity contribution in [2.24, 2.45) is 5.73 Å². The Morgan fingerprint density at radius 3 is 2.53 bits per heavy atom. The van der Waals surface area contributed by atoms with Crippen molar-refractivity contribution in [3.63, 3.8) is 0 Å². The summed E-state index contributed by atoms with van der Waals surface area (Å²) in [6.07, 6.45) is 0. The molecule has 2 aromatic carbocycles. The number of ether oxygens (including phenoxy) is 1. The fourth-order valence-electron chi connectivity index (χ4n) is 1.64. The Balaban J connectivity index is 2.07. The Bertz CT molecular complexity index is 570. The van der Waals surface area contributed by atoms with E-state index < -0.39 is 0 Å². The van der Waals surface area contributed by atoms with E-state index in [0.29, 0.717) is 22.9 Å². The van der Waals surface area contributed by atoms with Gasteiger partial charge in [0, 0.05) is 5.56 Å². The molecule has 0 radical (unpaired) electrons. The van der Waals surface area contributed by atoms with Crippen molar-refractivity contribution in [2.75, 3.05) is 6.54 Å². The van der Waals surface area contributed by atoms with Crippen molar-refractivity contribution in [1.29, 1.82) is 0 Å². The number of ketones is 1. The number of Topliss-reactive ketones (excluding diaryl/α,β-unsaturated/α-hetero) is 1. The highest BCUT2D eigenvalue weighted by atomic mass is 35.5. The molecular formula is C15H14ClNO2. The zero-order valence-electron chi connectivity index (χ0n) is 10.3. The number of carbonyl (C=O) groups is 1. The standard InChI is InChI=1S/C15H14ClNO2/c16-13-8-12(14(18)9-17)6-7-15(13)19-10-11-4-2-1-3-5-11/h1-8H,9-10,17H2. The molecule has 0 saturated carbocycles. The van der Waals surface area contributed by atoms with Gasteiger partial charge in [0.15, 0.2) is 5.78 Å². The van der Waals surface area contributed by atoms with Gasteiger partial charge in [0.25, 0.3) is 0 Å². The second kappa shape index (κ2) is 6.36. The predicted octanol–water partition coefficient (Wildman–Crippen LogP) is 3.06. The molecule has 0 saturated heterocycles. The molecule has 3 nitrogen and oxygen atoms in total. The minimum atomic E-state index is -0.142. The van der Waals surface area contributed by atoms with Gasteiger partial charge in [-0.15, -0.1) is 0 Å². The molecule has 0 aliphatic carbocycles. The third-order valence-corrected chi connectivity index (χ3v) is 2.97. The van der Waals surface area contributed by atoms with E-state index in [4.69, 9.17) is 22.1 Å². The second-order valence-electron chi connectivity index (χ2n) is 4.05. The highest BCUT2D eigenvalue weighted by Gasteiger charge is 2.08. The van der Waals surface area contributed by atoms with E-state index in [1.165, 1.54) is 0 Å².